The van der Waals surface area contributed by atoms with E-state index in [1.807, 2.05) is 6.07 Å². The molecule has 0 radical (unpaired) electrons. The molecule has 0 aromatic heterocycles. The van der Waals surface area contributed by atoms with Gasteiger partial charge >= 0.3 is 0 Å². The average Bonchev–Trinajstić information content (AvgIpc) is 2.27. The van der Waals surface area contributed by atoms with Crippen LogP contribution in [0.1, 0.15) is 31.4 Å². The molecule has 0 amide bonds. The van der Waals surface area contributed by atoms with Gasteiger partial charge in [0.1, 0.15) is 5.75 Å². The predicted octanol–water partition coefficient (Wildman–Crippen LogP) is 2.75. The van der Waals surface area contributed by atoms with Gasteiger partial charge in [0.2, 0.25) is 0 Å². The van der Waals surface area contributed by atoms with E-state index in [4.69, 9.17) is 9.94 Å². The van der Waals surface area contributed by atoms with Crippen molar-refractivity contribution in [3.05, 3.63) is 29.3 Å². The summed E-state index contributed by atoms with van der Waals surface area (Å²) in [5.41, 5.74) is 3.37. The van der Waals surface area contributed by atoms with Crippen molar-refractivity contribution < 1.29 is 9.94 Å². The van der Waals surface area contributed by atoms with Gasteiger partial charge < -0.3 is 9.94 Å². The maximum atomic E-state index is 8.91. The van der Waals surface area contributed by atoms with Crippen molar-refractivity contribution in [1.29, 1.82) is 0 Å². The lowest BCUT2D eigenvalue weighted by molar-refractivity contribution is 0.313. The Kier molecular flexibility index (Phi) is 2.62. The molecule has 0 fully saturated rings. The van der Waals surface area contributed by atoms with Gasteiger partial charge in [0.25, 0.3) is 0 Å². The molecule has 1 N–H and O–H groups in total. The molecule has 1 aromatic rings. The summed E-state index contributed by atoms with van der Waals surface area (Å²) in [6, 6.07) is 6.10. The number of hydrogen-bond acceptors (Lipinski definition) is 3. The van der Waals surface area contributed by atoms with Crippen molar-refractivity contribution in [1.82, 2.24) is 0 Å². The van der Waals surface area contributed by atoms with Gasteiger partial charge in [0.05, 0.1) is 12.8 Å². The Morgan fingerprint density at radius 1 is 1.38 bits per heavy atom. The maximum absolute atomic E-state index is 8.91. The van der Waals surface area contributed by atoms with Crippen LogP contribution in [-0.4, -0.2) is 18.0 Å². The van der Waals surface area contributed by atoms with Gasteiger partial charge in [-0.2, -0.15) is 0 Å². The number of benzene rings is 1. The Morgan fingerprint density at radius 2 is 2.12 bits per heavy atom. The van der Waals surface area contributed by atoms with Crippen LogP contribution in [-0.2, 0) is 11.8 Å². The van der Waals surface area contributed by atoms with Crippen LogP contribution in [0.15, 0.2) is 23.4 Å². The van der Waals surface area contributed by atoms with E-state index < -0.39 is 0 Å². The highest BCUT2D eigenvalue weighted by Gasteiger charge is 2.31. The lowest BCUT2D eigenvalue weighted by Gasteiger charge is -2.33. The van der Waals surface area contributed by atoms with Crippen LogP contribution in [0.5, 0.6) is 5.75 Å². The third-order valence-corrected chi connectivity index (χ3v) is 3.23. The van der Waals surface area contributed by atoms with E-state index in [9.17, 15) is 0 Å². The van der Waals surface area contributed by atoms with Gasteiger partial charge in [0.15, 0.2) is 0 Å². The van der Waals surface area contributed by atoms with E-state index in [1.54, 1.807) is 7.11 Å². The highest BCUT2D eigenvalue weighted by atomic mass is 16.5. The fourth-order valence-corrected chi connectivity index (χ4v) is 2.43. The summed E-state index contributed by atoms with van der Waals surface area (Å²) in [5.74, 6) is 0.885. The number of hydrogen-bond donors (Lipinski definition) is 1. The van der Waals surface area contributed by atoms with Gasteiger partial charge in [-0.05, 0) is 35.1 Å². The Labute approximate surface area is 95.7 Å². The minimum absolute atomic E-state index is 0.00366. The third kappa shape index (κ3) is 1.77. The van der Waals surface area contributed by atoms with Crippen molar-refractivity contribution in [2.45, 2.75) is 32.1 Å². The van der Waals surface area contributed by atoms with Crippen molar-refractivity contribution in [3.8, 4) is 5.75 Å². The van der Waals surface area contributed by atoms with E-state index in [1.165, 1.54) is 11.1 Å². The number of rotatable bonds is 1. The van der Waals surface area contributed by atoms with Gasteiger partial charge in [-0.25, -0.2) is 0 Å². The summed E-state index contributed by atoms with van der Waals surface area (Å²) in [7, 11) is 1.68. The van der Waals surface area contributed by atoms with E-state index in [2.05, 4.69) is 31.1 Å². The van der Waals surface area contributed by atoms with Gasteiger partial charge in [-0.1, -0.05) is 25.1 Å². The van der Waals surface area contributed by atoms with Gasteiger partial charge in [0, 0.05) is 6.42 Å². The summed E-state index contributed by atoms with van der Waals surface area (Å²) in [6.45, 7) is 4.32. The van der Waals surface area contributed by atoms with Crippen molar-refractivity contribution in [2.24, 2.45) is 5.16 Å². The van der Waals surface area contributed by atoms with E-state index in [0.717, 1.165) is 24.3 Å². The molecule has 16 heavy (non-hydrogen) atoms. The molecule has 0 saturated carbocycles. The lowest BCUT2D eigenvalue weighted by Crippen LogP contribution is -2.30. The van der Waals surface area contributed by atoms with Crippen LogP contribution in [0, 0.1) is 0 Å². The molecule has 1 aliphatic rings. The van der Waals surface area contributed by atoms with Crippen LogP contribution in [0.25, 0.3) is 0 Å². The van der Waals surface area contributed by atoms with Crippen LogP contribution >= 0.6 is 0 Å². The highest BCUT2D eigenvalue weighted by Crippen LogP contribution is 2.37. The van der Waals surface area contributed by atoms with Crippen LogP contribution in [0.4, 0.5) is 0 Å². The molecule has 0 saturated heterocycles. The number of nitrogens with zero attached hydrogens (tertiary/aromatic N) is 1. The Balaban J connectivity index is 2.51. The number of oxime groups is 1. The third-order valence-electron chi connectivity index (χ3n) is 3.23. The minimum Gasteiger partial charge on any atom is -0.497 e. The second kappa shape index (κ2) is 3.81. The molecule has 0 unspecified atom stereocenters. The van der Waals surface area contributed by atoms with E-state index in [-0.39, 0.29) is 5.41 Å². The molecule has 2 rings (SSSR count). The molecule has 0 spiro atoms. The fraction of sp³-hybridized carbons (Fsp3) is 0.462. The maximum Gasteiger partial charge on any atom is 0.119 e. The SMILES string of the molecule is COc1ccc2c(c1)C(C)(C)CC(=NO)C2. The molecular formula is C13H17NO2. The fourth-order valence-electron chi connectivity index (χ4n) is 2.43. The summed E-state index contributed by atoms with van der Waals surface area (Å²) < 4.78 is 5.25. The van der Waals surface area contributed by atoms with Crippen LogP contribution in [0.3, 0.4) is 0 Å². The van der Waals surface area contributed by atoms with E-state index >= 15 is 0 Å². The zero-order valence-electron chi connectivity index (χ0n) is 9.95. The summed E-state index contributed by atoms with van der Waals surface area (Å²) in [4.78, 5) is 0. The topological polar surface area (TPSA) is 41.8 Å². The number of ether oxygens (including phenoxy) is 1. The van der Waals surface area contributed by atoms with E-state index in [0.29, 0.717) is 0 Å². The smallest absolute Gasteiger partial charge is 0.119 e. The Bertz CT molecular complexity index is 436. The number of methoxy groups -OCH3 is 1. The monoisotopic (exact) mass is 219 g/mol. The zero-order valence-corrected chi connectivity index (χ0v) is 9.95. The molecule has 1 aromatic carbocycles. The first-order valence-corrected chi connectivity index (χ1v) is 5.44. The summed E-state index contributed by atoms with van der Waals surface area (Å²) in [5, 5.41) is 12.3. The largest absolute Gasteiger partial charge is 0.497 e. The van der Waals surface area contributed by atoms with Crippen molar-refractivity contribution in [3.63, 3.8) is 0 Å². The second-order valence-electron chi connectivity index (χ2n) is 4.93. The first kappa shape index (κ1) is 11.0. The molecule has 3 nitrogen and oxygen atoms in total. The summed E-state index contributed by atoms with van der Waals surface area (Å²) in [6.07, 6.45) is 1.53. The summed E-state index contributed by atoms with van der Waals surface area (Å²) >= 11 is 0. The zero-order chi connectivity index (χ0) is 11.8. The molecule has 86 valence electrons. The average molecular weight is 219 g/mol. The van der Waals surface area contributed by atoms with Crippen LogP contribution in [0.2, 0.25) is 0 Å². The van der Waals surface area contributed by atoms with Crippen molar-refractivity contribution in [2.75, 3.05) is 7.11 Å². The first-order chi connectivity index (χ1) is 7.56. The lowest BCUT2D eigenvalue weighted by atomic mass is 9.72. The molecule has 0 aliphatic heterocycles. The molecule has 0 bridgehead atoms. The van der Waals surface area contributed by atoms with Crippen molar-refractivity contribution >= 4 is 5.71 Å². The standard InChI is InChI=1S/C13H17NO2/c1-13(2)8-10(14-15)6-9-4-5-11(16-3)7-12(9)13/h4-5,7,15H,6,8H2,1-3H3. The molecular weight excluding hydrogens is 202 g/mol. The minimum atomic E-state index is 0.00366. The highest BCUT2D eigenvalue weighted by molar-refractivity contribution is 5.89. The number of fused-ring (bicyclic) bond motifs is 1. The second-order valence-corrected chi connectivity index (χ2v) is 4.93. The van der Waals surface area contributed by atoms with Crippen LogP contribution < -0.4 is 4.74 Å². The van der Waals surface area contributed by atoms with Gasteiger partial charge in [-0.3, -0.25) is 0 Å². The molecule has 1 aliphatic carbocycles. The van der Waals surface area contributed by atoms with Gasteiger partial charge in [-0.15, -0.1) is 0 Å². The Morgan fingerprint density at radius 3 is 2.75 bits per heavy atom. The molecule has 3 heteroatoms. The molecule has 0 heterocycles. The first-order valence-electron chi connectivity index (χ1n) is 5.44. The Hall–Kier alpha value is -1.51. The predicted molar refractivity (Wildman–Crippen MR) is 63.6 cm³/mol. The normalized spacial score (nSPS) is 20.6. The quantitative estimate of drug-likeness (QED) is 0.583. The molecule has 0 atom stereocenters.